The zero-order chi connectivity index (χ0) is 45.1. The number of carbonyl (C=O) groups excluding carboxylic acids is 2. The van der Waals surface area contributed by atoms with E-state index in [-0.39, 0.29) is 28.6 Å². The molecule has 4 aliphatic carbocycles. The SMILES string of the molecule is C[C@]1(C(=O)O)CCC[C@]2(C)c3cc(OC(=O)CCCNCCCCCCCCCCNCCCNC(=O)Oc4ccc5c(c4)[C@@]4(C)CCC[C@](C)(C(=O)O)[C@@H]4CC5)ccc3CC[C@@H]12. The number of esters is 1. The highest BCUT2D eigenvalue weighted by molar-refractivity contribution is 5.76. The molecular formula is C52H77N3O8. The van der Waals surface area contributed by atoms with Crippen molar-refractivity contribution in [2.45, 2.75) is 173 Å². The van der Waals surface area contributed by atoms with E-state index in [0.29, 0.717) is 37.3 Å². The van der Waals surface area contributed by atoms with Gasteiger partial charge in [-0.15, -0.1) is 0 Å². The number of rotatable bonds is 23. The van der Waals surface area contributed by atoms with Crippen molar-refractivity contribution in [3.05, 3.63) is 58.7 Å². The molecular weight excluding hydrogens is 795 g/mol. The third-order valence-corrected chi connectivity index (χ3v) is 16.1. The standard InChI is InChI=1S/C52H77N3O8/c1-49-26-14-28-51(3,46(57)58)43(49)24-20-37-18-22-39(35-41(37)49)62-45(56)17-13-32-53-30-11-9-7-5-6-8-10-12-31-54-33-16-34-55-48(61)63-40-23-19-38-21-25-44-50(2,42(38)36-40)27-15-29-52(44,4)47(59)60/h18-19,22-23,35-36,43-44,53-54H,5-17,20-21,24-34H2,1-4H3,(H,55,61)(H,57,58)(H,59,60)/t43-,44-,49-,50-,51+,52+/m1/s1. The van der Waals surface area contributed by atoms with Gasteiger partial charge in [0.1, 0.15) is 11.5 Å². The van der Waals surface area contributed by atoms with E-state index < -0.39 is 28.9 Å². The lowest BCUT2D eigenvalue weighted by Gasteiger charge is -2.53. The summed E-state index contributed by atoms with van der Waals surface area (Å²) < 4.78 is 11.5. The number of nitrogens with one attached hydrogen (secondary N) is 3. The van der Waals surface area contributed by atoms with Gasteiger partial charge in [0.25, 0.3) is 0 Å². The summed E-state index contributed by atoms with van der Waals surface area (Å²) in [7, 11) is 0. The second kappa shape index (κ2) is 21.8. The highest BCUT2D eigenvalue weighted by Gasteiger charge is 2.56. The van der Waals surface area contributed by atoms with Crippen molar-refractivity contribution < 1.29 is 38.9 Å². The molecule has 0 radical (unpaired) electrons. The topological polar surface area (TPSA) is 163 Å². The second-order valence-corrected chi connectivity index (χ2v) is 20.4. The lowest BCUT2D eigenvalue weighted by Crippen LogP contribution is -2.52. The summed E-state index contributed by atoms with van der Waals surface area (Å²) in [5.41, 5.74) is 2.87. The molecule has 63 heavy (non-hydrogen) atoms. The van der Waals surface area contributed by atoms with Crippen LogP contribution in [0.3, 0.4) is 0 Å². The van der Waals surface area contributed by atoms with Crippen LogP contribution in [0, 0.1) is 22.7 Å². The molecule has 0 unspecified atom stereocenters. The molecule has 0 heterocycles. The summed E-state index contributed by atoms with van der Waals surface area (Å²) in [5, 5.41) is 30.0. The molecule has 0 aliphatic heterocycles. The van der Waals surface area contributed by atoms with Crippen molar-refractivity contribution in [3.63, 3.8) is 0 Å². The van der Waals surface area contributed by atoms with Crippen molar-refractivity contribution in [2.75, 3.05) is 32.7 Å². The fourth-order valence-corrected chi connectivity index (χ4v) is 12.4. The largest absolute Gasteiger partial charge is 0.481 e. The maximum Gasteiger partial charge on any atom is 0.412 e. The molecule has 0 bridgehead atoms. The second-order valence-electron chi connectivity index (χ2n) is 20.4. The zero-order valence-electron chi connectivity index (χ0n) is 38.8. The van der Waals surface area contributed by atoms with Crippen molar-refractivity contribution in [1.29, 1.82) is 0 Å². The van der Waals surface area contributed by atoms with Crippen LogP contribution in [-0.2, 0) is 38.1 Å². The molecule has 6 rings (SSSR count). The van der Waals surface area contributed by atoms with Gasteiger partial charge in [-0.25, -0.2) is 4.79 Å². The average molecular weight is 872 g/mol. The van der Waals surface area contributed by atoms with Crippen LogP contribution in [0.1, 0.15) is 172 Å². The van der Waals surface area contributed by atoms with Crippen LogP contribution < -0.4 is 25.4 Å². The molecule has 2 fully saturated rings. The summed E-state index contributed by atoms with van der Waals surface area (Å²) in [4.78, 5) is 49.9. The molecule has 1 amide bonds. The Kier molecular flexibility index (Phi) is 16.8. The molecule has 4 aliphatic rings. The smallest absolute Gasteiger partial charge is 0.412 e. The van der Waals surface area contributed by atoms with E-state index in [9.17, 15) is 29.4 Å². The van der Waals surface area contributed by atoms with Crippen LogP contribution in [-0.4, -0.2) is 66.9 Å². The van der Waals surface area contributed by atoms with Crippen LogP contribution in [0.5, 0.6) is 11.5 Å². The van der Waals surface area contributed by atoms with Gasteiger partial charge in [0.15, 0.2) is 0 Å². The number of aryl methyl sites for hydroxylation is 2. The van der Waals surface area contributed by atoms with Crippen molar-refractivity contribution >= 4 is 24.0 Å². The number of carboxylic acid groups (broad SMARTS) is 2. The minimum atomic E-state index is -0.733. The fourth-order valence-electron chi connectivity index (χ4n) is 12.4. The van der Waals surface area contributed by atoms with E-state index in [0.717, 1.165) is 114 Å². The summed E-state index contributed by atoms with van der Waals surface area (Å²) in [5.74, 6) is -0.406. The van der Waals surface area contributed by atoms with Gasteiger partial charge in [-0.3, -0.25) is 14.4 Å². The predicted octanol–water partition coefficient (Wildman–Crippen LogP) is 10.0. The van der Waals surface area contributed by atoms with Gasteiger partial charge in [0.2, 0.25) is 0 Å². The summed E-state index contributed by atoms with van der Waals surface area (Å²) >= 11 is 0. The molecule has 11 nitrogen and oxygen atoms in total. The van der Waals surface area contributed by atoms with Crippen molar-refractivity contribution in [3.8, 4) is 11.5 Å². The molecule has 11 heteroatoms. The first kappa shape index (κ1) is 48.5. The van der Waals surface area contributed by atoms with Gasteiger partial charge < -0.3 is 35.6 Å². The minimum Gasteiger partial charge on any atom is -0.481 e. The van der Waals surface area contributed by atoms with E-state index >= 15 is 0 Å². The molecule has 2 aromatic carbocycles. The summed E-state index contributed by atoms with van der Waals surface area (Å²) in [6.45, 7) is 12.4. The molecule has 6 atom stereocenters. The Morgan fingerprint density at radius 2 is 1.02 bits per heavy atom. The van der Waals surface area contributed by atoms with Gasteiger partial charge in [0, 0.05) is 13.0 Å². The molecule has 2 aromatic rings. The maximum atomic E-state index is 12.7. The number of aliphatic carboxylic acids is 2. The van der Waals surface area contributed by atoms with Gasteiger partial charge in [-0.05, 0) is 186 Å². The Balaban J connectivity index is 0.729. The fraction of sp³-hybridized carbons (Fsp3) is 0.692. The highest BCUT2D eigenvalue weighted by Crippen LogP contribution is 2.59. The van der Waals surface area contributed by atoms with Crippen LogP contribution >= 0.6 is 0 Å². The van der Waals surface area contributed by atoms with Crippen molar-refractivity contribution in [2.24, 2.45) is 22.7 Å². The van der Waals surface area contributed by atoms with Gasteiger partial charge in [0.05, 0.1) is 10.8 Å². The first-order chi connectivity index (χ1) is 30.2. The Labute approximate surface area is 376 Å². The number of hydrogen-bond acceptors (Lipinski definition) is 8. The third-order valence-electron chi connectivity index (χ3n) is 16.1. The number of benzene rings is 2. The lowest BCUT2D eigenvalue weighted by molar-refractivity contribution is -0.158. The van der Waals surface area contributed by atoms with E-state index in [1.165, 1.54) is 49.7 Å². The Hall–Kier alpha value is -3.96. The maximum absolute atomic E-state index is 12.7. The van der Waals surface area contributed by atoms with Crippen LogP contribution in [0.4, 0.5) is 4.79 Å². The normalized spacial score (nSPS) is 27.2. The lowest BCUT2D eigenvalue weighted by atomic mass is 9.50. The number of ether oxygens (including phenoxy) is 2. The summed E-state index contributed by atoms with van der Waals surface area (Å²) in [6, 6.07) is 11.9. The number of amides is 1. The van der Waals surface area contributed by atoms with Crippen molar-refractivity contribution in [1.82, 2.24) is 16.0 Å². The quantitative estimate of drug-likeness (QED) is 0.0413. The third kappa shape index (κ3) is 11.5. The first-order valence-corrected chi connectivity index (χ1v) is 24.5. The number of unbranched alkanes of at least 4 members (excludes halogenated alkanes) is 7. The van der Waals surface area contributed by atoms with Gasteiger partial charge >= 0.3 is 24.0 Å². The van der Waals surface area contributed by atoms with E-state index in [4.69, 9.17) is 9.47 Å². The predicted molar refractivity (Wildman–Crippen MR) is 247 cm³/mol. The number of fused-ring (bicyclic) bond motifs is 6. The summed E-state index contributed by atoms with van der Waals surface area (Å²) in [6.07, 6.45) is 19.8. The van der Waals surface area contributed by atoms with Crippen LogP contribution in [0.2, 0.25) is 0 Å². The molecule has 348 valence electrons. The highest BCUT2D eigenvalue weighted by atomic mass is 16.6. The van der Waals surface area contributed by atoms with Gasteiger partial charge in [-0.1, -0.05) is 77.3 Å². The first-order valence-electron chi connectivity index (χ1n) is 24.5. The monoisotopic (exact) mass is 872 g/mol. The van der Waals surface area contributed by atoms with E-state index in [1.54, 1.807) is 0 Å². The molecule has 5 N–H and O–H groups in total. The Morgan fingerprint density at radius 3 is 1.51 bits per heavy atom. The van der Waals surface area contributed by atoms with Crippen LogP contribution in [0.15, 0.2) is 36.4 Å². The zero-order valence-corrected chi connectivity index (χ0v) is 38.8. The Bertz CT molecular complexity index is 1770. The molecule has 0 spiro atoms. The molecule has 0 saturated heterocycles. The van der Waals surface area contributed by atoms with Gasteiger partial charge in [-0.2, -0.15) is 0 Å². The van der Waals surface area contributed by atoms with Crippen LogP contribution in [0.25, 0.3) is 0 Å². The van der Waals surface area contributed by atoms with E-state index in [1.807, 2.05) is 44.2 Å². The average Bonchev–Trinajstić information content (AvgIpc) is 3.24. The minimum absolute atomic E-state index is 0.0587. The molecule has 0 aromatic heterocycles. The number of hydrogen-bond donors (Lipinski definition) is 5. The van der Waals surface area contributed by atoms with E-state index in [2.05, 4.69) is 35.9 Å². The molecule has 2 saturated carbocycles. The Morgan fingerprint density at radius 1 is 0.571 bits per heavy atom. The number of carboxylic acids is 2. The number of carbonyl (C=O) groups is 4.